The maximum atomic E-state index is 7.78. The first-order valence-corrected chi connectivity index (χ1v) is 28.9. The van der Waals surface area contributed by atoms with Crippen LogP contribution in [0.2, 0.25) is 0 Å². The molecule has 0 saturated carbocycles. The van der Waals surface area contributed by atoms with E-state index in [1.54, 1.807) is 0 Å². The normalized spacial score (nSPS) is 13.7. The fourth-order valence-corrected chi connectivity index (χ4v) is 14.6. The van der Waals surface area contributed by atoms with Gasteiger partial charge in [0.1, 0.15) is 11.2 Å². The number of hydrogen-bond donors (Lipinski definition) is 0. The highest BCUT2D eigenvalue weighted by Gasteiger charge is 2.37. The second-order valence-corrected chi connectivity index (χ2v) is 23.7. The highest BCUT2D eigenvalue weighted by molar-refractivity contribution is 6.29. The molecule has 5 heteroatoms. The van der Waals surface area contributed by atoms with E-state index in [0.29, 0.717) is 0 Å². The molecule has 0 saturated heterocycles. The number of nitrogens with zero attached hydrogens (tertiary/aromatic N) is 4. The topological polar surface area (TPSA) is 29.5 Å². The number of aromatic nitrogens is 2. The molecular weight excluding hydrogens is 1010 g/mol. The Bertz CT molecular complexity index is 4740. The zero-order chi connectivity index (χ0) is 55.3. The van der Waals surface area contributed by atoms with E-state index in [1.165, 1.54) is 44.5 Å². The number of rotatable bonds is 8. The number of benzene rings is 12. The van der Waals surface area contributed by atoms with Crippen LogP contribution in [0.1, 0.15) is 49.9 Å². The number of furan rings is 1. The van der Waals surface area contributed by atoms with Crippen molar-refractivity contribution < 1.29 is 4.42 Å². The highest BCUT2D eigenvalue weighted by Crippen LogP contribution is 2.53. The Labute approximate surface area is 481 Å². The van der Waals surface area contributed by atoms with Gasteiger partial charge in [-0.25, -0.2) is 0 Å². The minimum absolute atomic E-state index is 0.170. The van der Waals surface area contributed by atoms with Gasteiger partial charge in [0.15, 0.2) is 0 Å². The molecule has 2 aliphatic rings. The molecule has 12 aromatic carbocycles. The molecule has 0 N–H and O–H groups in total. The lowest BCUT2D eigenvalue weighted by molar-refractivity contribution is 0.660. The van der Waals surface area contributed by atoms with Gasteiger partial charge in [0, 0.05) is 77.9 Å². The van der Waals surface area contributed by atoms with Gasteiger partial charge in [0.25, 0.3) is 0 Å². The Hall–Kier alpha value is -10.4. The Morgan fingerprint density at radius 3 is 1.00 bits per heavy atom. The van der Waals surface area contributed by atoms with Gasteiger partial charge in [-0.1, -0.05) is 161 Å². The van der Waals surface area contributed by atoms with Gasteiger partial charge in [-0.15, -0.1) is 0 Å². The van der Waals surface area contributed by atoms with E-state index in [1.807, 2.05) is 0 Å². The molecule has 15 aromatic rings. The molecule has 0 radical (unpaired) electrons. The van der Waals surface area contributed by atoms with Gasteiger partial charge in [-0.3, -0.25) is 0 Å². The Morgan fingerprint density at radius 1 is 0.277 bits per heavy atom. The van der Waals surface area contributed by atoms with Gasteiger partial charge in [-0.2, -0.15) is 0 Å². The molecule has 83 heavy (non-hydrogen) atoms. The van der Waals surface area contributed by atoms with Crippen molar-refractivity contribution in [1.29, 1.82) is 0 Å². The largest absolute Gasteiger partial charge is 0.455 e. The molecular formula is C78H56N4O. The molecule has 5 nitrogen and oxygen atoms in total. The molecule has 0 aliphatic heterocycles. The second-order valence-electron chi connectivity index (χ2n) is 23.7. The predicted octanol–water partition coefficient (Wildman–Crippen LogP) is 21.3. The Morgan fingerprint density at radius 2 is 0.614 bits per heavy atom. The van der Waals surface area contributed by atoms with Crippen LogP contribution < -0.4 is 9.80 Å². The van der Waals surface area contributed by atoms with Gasteiger partial charge >= 0.3 is 0 Å². The standard InChI is InChI=1S/C78H56N4O/c1-77(2)65-31-19-17-29-57(65)59-37-33-55(47-67(59)77)81-69-41-35-53(79(49-21-9-5-10-22-49)50-23-11-6-12-24-50)45-63(69)73-71(81)43-39-61-62-40-44-72-74(76(62)83-75(61)73)64-46-54(80(51-25-13-7-14-26-51)52-27-15-8-16-28-52)36-42-70(64)82(72)56-34-38-60-58-30-18-20-32-66(58)78(3,4)68(60)48-56/h5-48H,1-4H3. The number of hydrogen-bond acceptors (Lipinski definition) is 3. The molecule has 0 fully saturated rings. The second kappa shape index (κ2) is 17.6. The molecule has 2 aliphatic carbocycles. The van der Waals surface area contributed by atoms with Crippen LogP contribution in [-0.2, 0) is 10.8 Å². The molecule has 3 aromatic heterocycles. The lowest BCUT2D eigenvalue weighted by Gasteiger charge is -2.25. The van der Waals surface area contributed by atoms with Crippen molar-refractivity contribution in [2.75, 3.05) is 9.80 Å². The van der Waals surface area contributed by atoms with Gasteiger partial charge in [0.05, 0.1) is 32.8 Å². The van der Waals surface area contributed by atoms with E-state index in [2.05, 4.69) is 314 Å². The van der Waals surface area contributed by atoms with Crippen molar-refractivity contribution in [3.8, 4) is 33.6 Å². The molecule has 394 valence electrons. The predicted molar refractivity (Wildman–Crippen MR) is 347 cm³/mol. The zero-order valence-corrected chi connectivity index (χ0v) is 46.6. The van der Waals surface area contributed by atoms with Crippen LogP contribution in [0, 0.1) is 0 Å². The Kier molecular flexibility index (Phi) is 10.0. The van der Waals surface area contributed by atoms with Crippen molar-refractivity contribution in [2.24, 2.45) is 0 Å². The lowest BCUT2D eigenvalue weighted by Crippen LogP contribution is -2.15. The third-order valence-corrected chi connectivity index (χ3v) is 18.5. The molecule has 0 spiro atoms. The summed E-state index contributed by atoms with van der Waals surface area (Å²) in [4.78, 5) is 4.72. The monoisotopic (exact) mass is 1060 g/mol. The fourth-order valence-electron chi connectivity index (χ4n) is 14.6. The van der Waals surface area contributed by atoms with E-state index in [0.717, 1.165) is 111 Å². The first kappa shape index (κ1) is 47.4. The minimum Gasteiger partial charge on any atom is -0.455 e. The molecule has 17 rings (SSSR count). The van der Waals surface area contributed by atoms with Crippen LogP contribution in [0.25, 0.3) is 99.2 Å². The van der Waals surface area contributed by atoms with E-state index < -0.39 is 0 Å². The van der Waals surface area contributed by atoms with Crippen molar-refractivity contribution in [2.45, 2.75) is 38.5 Å². The van der Waals surface area contributed by atoms with E-state index in [9.17, 15) is 0 Å². The first-order valence-electron chi connectivity index (χ1n) is 28.9. The van der Waals surface area contributed by atoms with E-state index >= 15 is 0 Å². The van der Waals surface area contributed by atoms with Gasteiger partial charge in [0.2, 0.25) is 0 Å². The third kappa shape index (κ3) is 6.82. The maximum absolute atomic E-state index is 7.78. The van der Waals surface area contributed by atoms with Crippen LogP contribution in [-0.4, -0.2) is 9.13 Å². The first-order chi connectivity index (χ1) is 40.7. The summed E-state index contributed by atoms with van der Waals surface area (Å²) in [5.41, 5.74) is 25.1. The van der Waals surface area contributed by atoms with Crippen molar-refractivity contribution >= 4 is 99.7 Å². The van der Waals surface area contributed by atoms with Crippen LogP contribution in [0.5, 0.6) is 0 Å². The zero-order valence-electron chi connectivity index (χ0n) is 46.6. The SMILES string of the molecule is CC1(C)c2ccccc2-c2ccc(-n3c4ccc(N(c5ccccc5)c5ccccc5)cc4c4c5oc6c(ccc7c6c6cc(N(c8ccccc8)c8ccccc8)ccc6n7-c6ccc7c(c6)C(C)(C)c6ccccc6-7)c5ccc43)cc21. The molecule has 0 atom stereocenters. The fraction of sp³-hybridized carbons (Fsp3) is 0.0769. The van der Waals surface area contributed by atoms with Crippen LogP contribution in [0.4, 0.5) is 34.1 Å². The summed E-state index contributed by atoms with van der Waals surface area (Å²) in [6, 6.07) is 98.1. The summed E-state index contributed by atoms with van der Waals surface area (Å²) < 4.78 is 12.7. The summed E-state index contributed by atoms with van der Waals surface area (Å²) in [7, 11) is 0. The van der Waals surface area contributed by atoms with Crippen molar-refractivity contribution in [1.82, 2.24) is 9.13 Å². The van der Waals surface area contributed by atoms with Gasteiger partial charge in [-0.05, 0) is 178 Å². The summed E-state index contributed by atoms with van der Waals surface area (Å²) >= 11 is 0. The molecule has 0 amide bonds. The summed E-state index contributed by atoms with van der Waals surface area (Å²) in [5, 5.41) is 6.56. The smallest absolute Gasteiger partial charge is 0.145 e. The van der Waals surface area contributed by atoms with E-state index in [-0.39, 0.29) is 10.8 Å². The maximum Gasteiger partial charge on any atom is 0.145 e. The summed E-state index contributed by atoms with van der Waals surface area (Å²) in [6.45, 7) is 9.46. The highest BCUT2D eigenvalue weighted by atomic mass is 16.3. The Balaban J connectivity index is 0.958. The lowest BCUT2D eigenvalue weighted by atomic mass is 9.82. The minimum atomic E-state index is -0.170. The average Bonchev–Trinajstić information content (AvgIpc) is 2.28. The summed E-state index contributed by atoms with van der Waals surface area (Å²) in [6.07, 6.45) is 0. The van der Waals surface area contributed by atoms with E-state index in [4.69, 9.17) is 4.42 Å². The third-order valence-electron chi connectivity index (χ3n) is 18.5. The van der Waals surface area contributed by atoms with Gasteiger partial charge < -0.3 is 23.4 Å². The number of para-hydroxylation sites is 4. The van der Waals surface area contributed by atoms with Crippen molar-refractivity contribution in [3.63, 3.8) is 0 Å². The van der Waals surface area contributed by atoms with Crippen LogP contribution in [0.15, 0.2) is 271 Å². The van der Waals surface area contributed by atoms with Crippen LogP contribution in [0.3, 0.4) is 0 Å². The number of anilines is 6. The average molecular weight is 1070 g/mol. The quantitative estimate of drug-likeness (QED) is 0.152. The van der Waals surface area contributed by atoms with Crippen LogP contribution >= 0.6 is 0 Å². The van der Waals surface area contributed by atoms with Crippen molar-refractivity contribution in [3.05, 3.63) is 289 Å². The number of fused-ring (bicyclic) bond motifs is 17. The molecule has 0 bridgehead atoms. The molecule has 0 unspecified atom stereocenters. The molecule has 3 heterocycles. The summed E-state index contributed by atoms with van der Waals surface area (Å²) in [5.74, 6) is 0.